The molecule has 0 radical (unpaired) electrons. The average molecular weight is 342 g/mol. The van der Waals surface area contributed by atoms with E-state index in [-0.39, 0.29) is 49.6 Å². The van der Waals surface area contributed by atoms with E-state index in [4.69, 9.17) is 14.2 Å². The van der Waals surface area contributed by atoms with Gasteiger partial charge in [0.1, 0.15) is 0 Å². The maximum absolute atomic E-state index is 12.1. The van der Waals surface area contributed by atoms with Crippen molar-refractivity contribution in [3.63, 3.8) is 0 Å². The second kappa shape index (κ2) is 11.6. The lowest BCUT2D eigenvalue weighted by atomic mass is 10.1. The fourth-order valence-electron chi connectivity index (χ4n) is 1.42. The van der Waals surface area contributed by atoms with E-state index in [1.165, 1.54) is 0 Å². The summed E-state index contributed by atoms with van der Waals surface area (Å²) in [4.78, 5) is 35.7. The molecule has 0 atom stereocenters. The molecule has 0 aromatic rings. The lowest BCUT2D eigenvalue weighted by Gasteiger charge is -2.11. The zero-order valence-corrected chi connectivity index (χ0v) is 15.6. The fourth-order valence-corrected chi connectivity index (χ4v) is 1.42. The van der Waals surface area contributed by atoms with Gasteiger partial charge < -0.3 is 14.2 Å². The van der Waals surface area contributed by atoms with Crippen LogP contribution in [0.4, 0.5) is 0 Å². The minimum Gasteiger partial charge on any atom is -0.465 e. The summed E-state index contributed by atoms with van der Waals surface area (Å²) >= 11 is 0. The van der Waals surface area contributed by atoms with Gasteiger partial charge in [-0.1, -0.05) is 41.5 Å². The lowest BCUT2D eigenvalue weighted by molar-refractivity contribution is -0.147. The van der Waals surface area contributed by atoms with Crippen molar-refractivity contribution in [1.82, 2.24) is 0 Å². The first-order valence-electron chi connectivity index (χ1n) is 8.31. The maximum atomic E-state index is 12.1. The largest absolute Gasteiger partial charge is 0.465 e. The summed E-state index contributed by atoms with van der Waals surface area (Å²) in [5.41, 5.74) is -0.0573. The predicted octanol–water partition coefficient (Wildman–Crippen LogP) is 2.90. The first-order valence-corrected chi connectivity index (χ1v) is 8.31. The van der Waals surface area contributed by atoms with Gasteiger partial charge in [-0.3, -0.25) is 4.79 Å². The van der Waals surface area contributed by atoms with Gasteiger partial charge in [0.15, 0.2) is 0 Å². The molecule has 0 spiro atoms. The highest BCUT2D eigenvalue weighted by Crippen LogP contribution is 2.09. The van der Waals surface area contributed by atoms with Crippen LogP contribution in [-0.4, -0.2) is 37.7 Å². The van der Waals surface area contributed by atoms with Gasteiger partial charge in [0.2, 0.25) is 0 Å². The Balaban J connectivity index is 4.90. The van der Waals surface area contributed by atoms with E-state index in [1.54, 1.807) is 0 Å². The van der Waals surface area contributed by atoms with Crippen LogP contribution in [0.1, 0.15) is 48.0 Å². The Hall–Kier alpha value is -1.85. The Bertz CT molecular complexity index is 448. The summed E-state index contributed by atoms with van der Waals surface area (Å²) in [5, 5.41) is 0. The van der Waals surface area contributed by atoms with Gasteiger partial charge in [-0.05, 0) is 17.8 Å². The molecule has 0 rings (SSSR count). The summed E-state index contributed by atoms with van der Waals surface area (Å²) in [5.74, 6) is -1.44. The van der Waals surface area contributed by atoms with Gasteiger partial charge in [0, 0.05) is 6.08 Å². The molecule has 24 heavy (non-hydrogen) atoms. The van der Waals surface area contributed by atoms with Crippen LogP contribution in [0.15, 0.2) is 11.6 Å². The zero-order chi connectivity index (χ0) is 18.7. The highest BCUT2D eigenvalue weighted by molar-refractivity contribution is 5.99. The molecule has 0 saturated carbocycles. The topological polar surface area (TPSA) is 78.9 Å². The predicted molar refractivity (Wildman–Crippen MR) is 90.1 cm³/mol. The molecule has 0 fully saturated rings. The van der Waals surface area contributed by atoms with E-state index >= 15 is 0 Å². The lowest BCUT2D eigenvalue weighted by Crippen LogP contribution is -2.19. The van der Waals surface area contributed by atoms with E-state index in [0.717, 1.165) is 6.08 Å². The first kappa shape index (κ1) is 22.1. The average Bonchev–Trinajstić information content (AvgIpc) is 2.47. The molecule has 0 aliphatic rings. The van der Waals surface area contributed by atoms with Gasteiger partial charge in [0.25, 0.3) is 0 Å². The van der Waals surface area contributed by atoms with Gasteiger partial charge in [-0.2, -0.15) is 0 Å². The molecule has 0 unspecified atom stereocenters. The van der Waals surface area contributed by atoms with E-state index in [9.17, 15) is 14.4 Å². The third-order valence-corrected chi connectivity index (χ3v) is 2.57. The van der Waals surface area contributed by atoms with Crippen LogP contribution in [0.3, 0.4) is 0 Å². The number of ether oxygens (including phenoxy) is 3. The van der Waals surface area contributed by atoms with Crippen molar-refractivity contribution in [2.75, 3.05) is 19.8 Å². The van der Waals surface area contributed by atoms with E-state index in [0.29, 0.717) is 0 Å². The Morgan fingerprint density at radius 3 is 1.71 bits per heavy atom. The van der Waals surface area contributed by atoms with Crippen molar-refractivity contribution in [3.05, 3.63) is 11.6 Å². The molecule has 138 valence electrons. The summed E-state index contributed by atoms with van der Waals surface area (Å²) in [7, 11) is 0. The minimum atomic E-state index is -0.702. The van der Waals surface area contributed by atoms with E-state index in [2.05, 4.69) is 0 Å². The molecule has 0 amide bonds. The van der Waals surface area contributed by atoms with Crippen molar-refractivity contribution in [2.45, 2.75) is 48.0 Å². The quantitative estimate of drug-likeness (QED) is 0.345. The van der Waals surface area contributed by atoms with E-state index in [1.807, 2.05) is 41.5 Å². The van der Waals surface area contributed by atoms with Crippen LogP contribution < -0.4 is 0 Å². The first-order chi connectivity index (χ1) is 11.1. The van der Waals surface area contributed by atoms with Crippen molar-refractivity contribution in [1.29, 1.82) is 0 Å². The standard InChI is InChI=1S/C18H30O6/c1-12(2)9-22-16(19)7-15(18(21)24-11-14(5)6)8-17(20)23-10-13(3)4/h7,12-14H,8-11H2,1-6H3/b15-7+. The highest BCUT2D eigenvalue weighted by Gasteiger charge is 2.19. The molecule has 0 aromatic carbocycles. The van der Waals surface area contributed by atoms with Crippen LogP contribution in [0.25, 0.3) is 0 Å². The maximum Gasteiger partial charge on any atom is 0.334 e. The second-order valence-corrected chi connectivity index (χ2v) is 6.94. The Morgan fingerprint density at radius 1 is 0.750 bits per heavy atom. The van der Waals surface area contributed by atoms with Crippen LogP contribution in [0.5, 0.6) is 0 Å². The van der Waals surface area contributed by atoms with Crippen LogP contribution in [-0.2, 0) is 28.6 Å². The molecule has 0 saturated heterocycles. The Morgan fingerprint density at radius 2 is 1.21 bits per heavy atom. The zero-order valence-electron chi connectivity index (χ0n) is 15.6. The Labute approximate surface area is 144 Å². The van der Waals surface area contributed by atoms with Crippen LogP contribution in [0, 0.1) is 17.8 Å². The highest BCUT2D eigenvalue weighted by atomic mass is 16.5. The van der Waals surface area contributed by atoms with Crippen molar-refractivity contribution >= 4 is 17.9 Å². The van der Waals surface area contributed by atoms with Crippen molar-refractivity contribution in [2.24, 2.45) is 17.8 Å². The number of carbonyl (C=O) groups is 3. The van der Waals surface area contributed by atoms with Gasteiger partial charge in [-0.15, -0.1) is 0 Å². The Kier molecular flexibility index (Phi) is 10.8. The molecule has 0 N–H and O–H groups in total. The summed E-state index contributed by atoms with van der Waals surface area (Å²) in [6.07, 6.45) is 0.697. The molecule has 6 heteroatoms. The molecule has 0 aromatic heterocycles. The summed E-state index contributed by atoms with van der Waals surface area (Å²) in [6.45, 7) is 12.1. The number of esters is 3. The number of hydrogen-bond donors (Lipinski definition) is 0. The van der Waals surface area contributed by atoms with Crippen LogP contribution in [0.2, 0.25) is 0 Å². The van der Waals surface area contributed by atoms with Gasteiger partial charge in [0.05, 0.1) is 31.8 Å². The third kappa shape index (κ3) is 11.7. The van der Waals surface area contributed by atoms with Crippen LogP contribution >= 0.6 is 0 Å². The number of carbonyl (C=O) groups excluding carboxylic acids is 3. The molecule has 6 nitrogen and oxygen atoms in total. The van der Waals surface area contributed by atoms with Gasteiger partial charge in [-0.25, -0.2) is 9.59 Å². The number of hydrogen-bond acceptors (Lipinski definition) is 6. The monoisotopic (exact) mass is 342 g/mol. The second-order valence-electron chi connectivity index (χ2n) is 6.94. The SMILES string of the molecule is CC(C)COC(=O)/C=C(\CC(=O)OCC(C)C)C(=O)OCC(C)C. The fraction of sp³-hybridized carbons (Fsp3) is 0.722. The van der Waals surface area contributed by atoms with Crippen molar-refractivity contribution < 1.29 is 28.6 Å². The molecule has 0 aliphatic heterocycles. The third-order valence-electron chi connectivity index (χ3n) is 2.57. The normalized spacial score (nSPS) is 11.8. The molecular formula is C18H30O6. The molecule has 0 aliphatic carbocycles. The molecular weight excluding hydrogens is 312 g/mol. The smallest absolute Gasteiger partial charge is 0.334 e. The summed E-state index contributed by atoms with van der Waals surface area (Å²) in [6, 6.07) is 0. The summed E-state index contributed by atoms with van der Waals surface area (Å²) < 4.78 is 15.2. The number of rotatable bonds is 10. The van der Waals surface area contributed by atoms with Crippen molar-refractivity contribution in [3.8, 4) is 0 Å². The molecule has 0 bridgehead atoms. The van der Waals surface area contributed by atoms with E-state index < -0.39 is 17.9 Å². The molecule has 0 heterocycles. The minimum absolute atomic E-state index is 0.0573. The van der Waals surface area contributed by atoms with Gasteiger partial charge >= 0.3 is 17.9 Å².